The molecule has 2 aromatic carbocycles. The first-order valence-electron chi connectivity index (χ1n) is 7.15. The zero-order valence-electron chi connectivity index (χ0n) is 13.1. The number of benzene rings is 2. The molecule has 0 bridgehead atoms. The summed E-state index contributed by atoms with van der Waals surface area (Å²) >= 11 is 0. The van der Waals surface area contributed by atoms with E-state index in [-0.39, 0.29) is 5.41 Å². The Morgan fingerprint density at radius 2 is 1.40 bits per heavy atom. The lowest BCUT2D eigenvalue weighted by molar-refractivity contribution is 0.0990. The Balaban J connectivity index is 2.48. The fourth-order valence-corrected chi connectivity index (χ4v) is 3.01. The molecular weight excluding hydrogens is 244 g/mol. The summed E-state index contributed by atoms with van der Waals surface area (Å²) in [7, 11) is 0. The molecule has 0 saturated carbocycles. The predicted octanol–water partition coefficient (Wildman–Crippen LogP) is 4.62. The first-order valence-corrected chi connectivity index (χ1v) is 7.15. The van der Waals surface area contributed by atoms with Gasteiger partial charge in [-0.1, -0.05) is 61.9 Å². The van der Waals surface area contributed by atoms with Crippen LogP contribution in [0.2, 0.25) is 0 Å². The van der Waals surface area contributed by atoms with Crippen LogP contribution in [-0.4, -0.2) is 5.11 Å². The minimum absolute atomic E-state index is 0.313. The van der Waals surface area contributed by atoms with Crippen LogP contribution >= 0.6 is 0 Å². The molecule has 0 amide bonds. The smallest absolute Gasteiger partial charge is 0.0886 e. The molecule has 20 heavy (non-hydrogen) atoms. The van der Waals surface area contributed by atoms with Gasteiger partial charge in [-0.05, 0) is 43.0 Å². The van der Waals surface area contributed by atoms with Gasteiger partial charge in [-0.15, -0.1) is 0 Å². The monoisotopic (exact) mass is 268 g/mol. The number of aliphatic hydroxyl groups is 1. The van der Waals surface area contributed by atoms with E-state index in [1.165, 1.54) is 16.7 Å². The van der Waals surface area contributed by atoms with Gasteiger partial charge in [0.2, 0.25) is 0 Å². The zero-order chi connectivity index (χ0) is 14.9. The summed E-state index contributed by atoms with van der Waals surface area (Å²) in [6.07, 6.45) is -0.509. The Morgan fingerprint density at radius 1 is 0.900 bits per heavy atom. The molecule has 0 spiro atoms. The fraction of sp³-hybridized carbons (Fsp3) is 0.368. The summed E-state index contributed by atoms with van der Waals surface area (Å²) in [5, 5.41) is 11.0. The summed E-state index contributed by atoms with van der Waals surface area (Å²) in [4.78, 5) is 0. The van der Waals surface area contributed by atoms with Gasteiger partial charge < -0.3 is 5.11 Å². The van der Waals surface area contributed by atoms with Gasteiger partial charge in [-0.25, -0.2) is 0 Å². The maximum atomic E-state index is 11.0. The van der Waals surface area contributed by atoms with Gasteiger partial charge in [-0.2, -0.15) is 0 Å². The van der Waals surface area contributed by atoms with Gasteiger partial charge >= 0.3 is 0 Å². The summed E-state index contributed by atoms with van der Waals surface area (Å²) in [5.41, 5.74) is 5.48. The molecule has 0 saturated heterocycles. The third-order valence-corrected chi connectivity index (χ3v) is 4.21. The van der Waals surface area contributed by atoms with E-state index in [0.29, 0.717) is 0 Å². The minimum Gasteiger partial charge on any atom is -0.387 e. The van der Waals surface area contributed by atoms with Crippen molar-refractivity contribution in [2.75, 3.05) is 0 Å². The molecule has 106 valence electrons. The van der Waals surface area contributed by atoms with Crippen molar-refractivity contribution in [3.8, 4) is 0 Å². The first kappa shape index (κ1) is 14.8. The summed E-state index contributed by atoms with van der Waals surface area (Å²) in [6, 6.07) is 14.5. The average Bonchev–Trinajstić information content (AvgIpc) is 2.38. The maximum absolute atomic E-state index is 11.0. The van der Waals surface area contributed by atoms with E-state index in [9.17, 15) is 5.11 Å². The zero-order valence-corrected chi connectivity index (χ0v) is 13.1. The molecule has 0 fully saturated rings. The number of aliphatic hydroxyl groups excluding tert-OH is 1. The first-order chi connectivity index (χ1) is 9.34. The van der Waals surface area contributed by atoms with Crippen molar-refractivity contribution in [3.63, 3.8) is 0 Å². The van der Waals surface area contributed by atoms with Gasteiger partial charge in [0.15, 0.2) is 0 Å². The molecule has 2 aromatic rings. The molecule has 2 rings (SSSR count). The Hall–Kier alpha value is -1.60. The molecule has 1 unspecified atom stereocenters. The van der Waals surface area contributed by atoms with Crippen LogP contribution in [-0.2, 0) is 5.41 Å². The van der Waals surface area contributed by atoms with Crippen LogP contribution in [0.15, 0.2) is 42.5 Å². The van der Waals surface area contributed by atoms with Crippen molar-refractivity contribution in [3.05, 3.63) is 70.3 Å². The molecule has 0 aromatic heterocycles. The lowest BCUT2D eigenvalue weighted by Crippen LogP contribution is -2.28. The molecule has 0 aliphatic rings. The van der Waals surface area contributed by atoms with Crippen molar-refractivity contribution in [2.45, 2.75) is 46.1 Å². The number of hydrogen-bond donors (Lipinski definition) is 1. The van der Waals surface area contributed by atoms with Crippen molar-refractivity contribution in [2.24, 2.45) is 0 Å². The molecule has 0 aliphatic carbocycles. The van der Waals surface area contributed by atoms with Crippen molar-refractivity contribution >= 4 is 0 Å². The van der Waals surface area contributed by atoms with E-state index in [4.69, 9.17) is 0 Å². The second kappa shape index (κ2) is 5.41. The third-order valence-electron chi connectivity index (χ3n) is 4.21. The average molecular weight is 268 g/mol. The van der Waals surface area contributed by atoms with Crippen molar-refractivity contribution < 1.29 is 5.11 Å². The summed E-state index contributed by atoms with van der Waals surface area (Å²) in [5.74, 6) is 0. The number of hydrogen-bond acceptors (Lipinski definition) is 1. The Bertz CT molecular complexity index is 573. The molecule has 1 N–H and O–H groups in total. The highest BCUT2D eigenvalue weighted by Crippen LogP contribution is 2.39. The van der Waals surface area contributed by atoms with Crippen molar-refractivity contribution in [1.29, 1.82) is 0 Å². The maximum Gasteiger partial charge on any atom is 0.0886 e. The van der Waals surface area contributed by atoms with E-state index in [0.717, 1.165) is 11.1 Å². The van der Waals surface area contributed by atoms with Crippen LogP contribution in [0.25, 0.3) is 0 Å². The van der Waals surface area contributed by atoms with E-state index in [1.807, 2.05) is 18.2 Å². The predicted molar refractivity (Wildman–Crippen MR) is 85.1 cm³/mol. The second-order valence-electron chi connectivity index (χ2n) is 6.30. The van der Waals surface area contributed by atoms with E-state index >= 15 is 0 Å². The second-order valence-corrected chi connectivity index (χ2v) is 6.30. The number of aryl methyl sites for hydroxylation is 3. The van der Waals surface area contributed by atoms with E-state index in [2.05, 4.69) is 58.9 Å². The van der Waals surface area contributed by atoms with Gasteiger partial charge in [0, 0.05) is 5.41 Å². The van der Waals surface area contributed by atoms with E-state index < -0.39 is 6.10 Å². The lowest BCUT2D eigenvalue weighted by atomic mass is 9.74. The molecule has 0 radical (unpaired) electrons. The summed E-state index contributed by atoms with van der Waals surface area (Å²) in [6.45, 7) is 10.5. The van der Waals surface area contributed by atoms with Crippen LogP contribution in [0.3, 0.4) is 0 Å². The van der Waals surface area contributed by atoms with Crippen LogP contribution in [0.5, 0.6) is 0 Å². The molecule has 0 aliphatic heterocycles. The van der Waals surface area contributed by atoms with E-state index in [1.54, 1.807) is 0 Å². The number of rotatable bonds is 3. The lowest BCUT2D eigenvalue weighted by Gasteiger charge is -2.33. The Morgan fingerprint density at radius 3 is 1.90 bits per heavy atom. The summed E-state index contributed by atoms with van der Waals surface area (Å²) < 4.78 is 0. The standard InChI is InChI=1S/C19H24O/c1-13-11-14(2)17(15(3)12-13)18(20)19(4,5)16-9-7-6-8-10-16/h6-12,18,20H,1-5H3. The molecular formula is C19H24O. The quantitative estimate of drug-likeness (QED) is 0.861. The molecule has 1 heteroatoms. The highest BCUT2D eigenvalue weighted by atomic mass is 16.3. The Kier molecular flexibility index (Phi) is 4.01. The van der Waals surface area contributed by atoms with Gasteiger partial charge in [0.25, 0.3) is 0 Å². The minimum atomic E-state index is -0.509. The van der Waals surface area contributed by atoms with Crippen molar-refractivity contribution in [1.82, 2.24) is 0 Å². The molecule has 1 atom stereocenters. The highest BCUT2D eigenvalue weighted by molar-refractivity contribution is 5.42. The normalized spacial score (nSPS) is 13.3. The van der Waals surface area contributed by atoms with Crippen LogP contribution in [0.4, 0.5) is 0 Å². The van der Waals surface area contributed by atoms with Gasteiger partial charge in [0.05, 0.1) is 6.10 Å². The largest absolute Gasteiger partial charge is 0.387 e. The molecule has 1 nitrogen and oxygen atoms in total. The van der Waals surface area contributed by atoms with Crippen LogP contribution < -0.4 is 0 Å². The van der Waals surface area contributed by atoms with Gasteiger partial charge in [0.1, 0.15) is 0 Å². The SMILES string of the molecule is Cc1cc(C)c(C(O)C(C)(C)c2ccccc2)c(C)c1. The topological polar surface area (TPSA) is 20.2 Å². The molecule has 0 heterocycles. The van der Waals surface area contributed by atoms with Gasteiger partial charge in [-0.3, -0.25) is 0 Å². The highest BCUT2D eigenvalue weighted by Gasteiger charge is 2.32. The Labute approximate surface area is 122 Å². The fourth-order valence-electron chi connectivity index (χ4n) is 3.01. The van der Waals surface area contributed by atoms with Crippen LogP contribution in [0, 0.1) is 20.8 Å². The van der Waals surface area contributed by atoms with Crippen LogP contribution in [0.1, 0.15) is 47.8 Å². The third kappa shape index (κ3) is 2.64.